The van der Waals surface area contributed by atoms with E-state index < -0.39 is 17.1 Å². The van der Waals surface area contributed by atoms with Gasteiger partial charge in [-0.15, -0.1) is 11.8 Å². The quantitative estimate of drug-likeness (QED) is 0.205. The number of anilines is 2. The summed E-state index contributed by atoms with van der Waals surface area (Å²) in [7, 11) is 0. The van der Waals surface area contributed by atoms with E-state index in [-0.39, 0.29) is 17.0 Å². The van der Waals surface area contributed by atoms with Gasteiger partial charge in [-0.3, -0.25) is 9.59 Å². The summed E-state index contributed by atoms with van der Waals surface area (Å²) in [6.07, 6.45) is 0.810. The number of carboxylic acid groups (broad SMARTS) is 1. The zero-order chi connectivity index (χ0) is 27.1. The number of amides is 2. The van der Waals surface area contributed by atoms with Crippen LogP contribution in [0.2, 0.25) is 0 Å². The average Bonchev–Trinajstić information content (AvgIpc) is 2.94. The maximum Gasteiger partial charge on any atom is 0.336 e. The van der Waals surface area contributed by atoms with Gasteiger partial charge in [0.1, 0.15) is 5.25 Å². The number of carbonyl (C=O) groups is 3. The SMILES string of the molecule is CCc1cccc(C)c1NC(=O)[C@@H](Sc1ccc(NC(=O)c2ccccc2C(=O)O)cc1)c1ccccc1. The molecule has 0 spiro atoms. The molecule has 0 radical (unpaired) electrons. The molecule has 0 aliphatic heterocycles. The lowest BCUT2D eigenvalue weighted by Gasteiger charge is -2.20. The molecule has 4 aromatic rings. The first-order valence-electron chi connectivity index (χ1n) is 12.2. The zero-order valence-electron chi connectivity index (χ0n) is 21.1. The highest BCUT2D eigenvalue weighted by Gasteiger charge is 2.23. The van der Waals surface area contributed by atoms with Gasteiger partial charge in [0, 0.05) is 16.3 Å². The van der Waals surface area contributed by atoms with Gasteiger partial charge >= 0.3 is 5.97 Å². The van der Waals surface area contributed by atoms with Gasteiger partial charge in [-0.1, -0.05) is 67.6 Å². The maximum absolute atomic E-state index is 13.6. The lowest BCUT2D eigenvalue weighted by Crippen LogP contribution is -2.20. The van der Waals surface area contributed by atoms with Crippen LogP contribution in [-0.4, -0.2) is 22.9 Å². The average molecular weight is 525 g/mol. The molecule has 2 amide bonds. The van der Waals surface area contributed by atoms with E-state index in [0.29, 0.717) is 5.69 Å². The minimum atomic E-state index is -1.16. The molecule has 4 aromatic carbocycles. The summed E-state index contributed by atoms with van der Waals surface area (Å²) in [5.74, 6) is -1.78. The lowest BCUT2D eigenvalue weighted by molar-refractivity contribution is -0.115. The molecule has 1 atom stereocenters. The van der Waals surface area contributed by atoms with Gasteiger partial charge < -0.3 is 15.7 Å². The largest absolute Gasteiger partial charge is 0.478 e. The number of carbonyl (C=O) groups excluding carboxylic acids is 2. The second-order valence-corrected chi connectivity index (χ2v) is 9.87. The highest BCUT2D eigenvalue weighted by atomic mass is 32.2. The van der Waals surface area contributed by atoms with Crippen molar-refractivity contribution in [1.82, 2.24) is 0 Å². The van der Waals surface area contributed by atoms with Gasteiger partial charge in [0.05, 0.1) is 11.1 Å². The smallest absolute Gasteiger partial charge is 0.336 e. The first kappa shape index (κ1) is 26.7. The summed E-state index contributed by atoms with van der Waals surface area (Å²) in [5.41, 5.74) is 4.37. The van der Waals surface area contributed by atoms with Gasteiger partial charge in [0.2, 0.25) is 5.91 Å². The molecule has 0 saturated heterocycles. The van der Waals surface area contributed by atoms with Crippen LogP contribution in [0.5, 0.6) is 0 Å². The fraction of sp³-hybridized carbons (Fsp3) is 0.129. The summed E-state index contributed by atoms with van der Waals surface area (Å²) in [6, 6.07) is 28.8. The molecule has 0 fully saturated rings. The Labute approximate surface area is 226 Å². The second-order valence-electron chi connectivity index (χ2n) is 8.69. The Morgan fingerprint density at radius 1 is 0.789 bits per heavy atom. The van der Waals surface area contributed by atoms with E-state index in [1.807, 2.05) is 67.6 Å². The van der Waals surface area contributed by atoms with Gasteiger partial charge in [0.25, 0.3) is 5.91 Å². The van der Waals surface area contributed by atoms with Crippen LogP contribution in [0, 0.1) is 6.92 Å². The molecular formula is C31H28N2O4S. The number of hydrogen-bond donors (Lipinski definition) is 3. The molecule has 0 saturated carbocycles. The third-order valence-corrected chi connectivity index (χ3v) is 7.36. The van der Waals surface area contributed by atoms with Crippen LogP contribution in [0.1, 0.15) is 49.6 Å². The van der Waals surface area contributed by atoms with Crippen LogP contribution >= 0.6 is 11.8 Å². The van der Waals surface area contributed by atoms with Crippen LogP contribution in [0.25, 0.3) is 0 Å². The first-order valence-corrected chi connectivity index (χ1v) is 13.1. The van der Waals surface area contributed by atoms with Crippen molar-refractivity contribution in [3.63, 3.8) is 0 Å². The van der Waals surface area contributed by atoms with E-state index >= 15 is 0 Å². The van der Waals surface area contributed by atoms with Crippen LogP contribution in [0.3, 0.4) is 0 Å². The molecule has 0 heterocycles. The Bertz CT molecular complexity index is 1450. The van der Waals surface area contributed by atoms with Gasteiger partial charge in [0.15, 0.2) is 0 Å². The molecule has 6 nitrogen and oxygen atoms in total. The van der Waals surface area contributed by atoms with E-state index in [1.54, 1.807) is 24.3 Å². The zero-order valence-corrected chi connectivity index (χ0v) is 21.9. The number of thioether (sulfide) groups is 1. The van der Waals surface area contributed by atoms with E-state index in [4.69, 9.17) is 0 Å². The van der Waals surface area contributed by atoms with Crippen molar-refractivity contribution in [2.24, 2.45) is 0 Å². The minimum Gasteiger partial charge on any atom is -0.478 e. The number of aromatic carboxylic acids is 1. The van der Waals surface area contributed by atoms with E-state index in [9.17, 15) is 19.5 Å². The van der Waals surface area contributed by atoms with Crippen LogP contribution < -0.4 is 10.6 Å². The molecule has 3 N–H and O–H groups in total. The van der Waals surface area contributed by atoms with Crippen LogP contribution in [0.15, 0.2) is 102 Å². The molecule has 0 aliphatic rings. The number of hydrogen-bond acceptors (Lipinski definition) is 4. The van der Waals surface area contributed by atoms with Crippen molar-refractivity contribution in [3.05, 3.63) is 125 Å². The van der Waals surface area contributed by atoms with Gasteiger partial charge in [-0.25, -0.2) is 4.79 Å². The molecule has 0 unspecified atom stereocenters. The number of nitrogens with one attached hydrogen (secondary N) is 2. The molecule has 0 bridgehead atoms. The number of carboxylic acids is 1. The fourth-order valence-corrected chi connectivity index (χ4v) is 5.14. The normalized spacial score (nSPS) is 11.4. The molecule has 0 aromatic heterocycles. The van der Waals surface area contributed by atoms with Gasteiger partial charge in [-0.2, -0.15) is 0 Å². The van der Waals surface area contributed by atoms with Crippen molar-refractivity contribution in [3.8, 4) is 0 Å². The minimum absolute atomic E-state index is 0.0613. The van der Waals surface area contributed by atoms with Crippen molar-refractivity contribution < 1.29 is 19.5 Å². The van der Waals surface area contributed by atoms with Crippen LogP contribution in [-0.2, 0) is 11.2 Å². The third-order valence-electron chi connectivity index (χ3n) is 6.10. The Hall–Kier alpha value is -4.36. The molecule has 192 valence electrons. The maximum atomic E-state index is 13.6. The Morgan fingerprint density at radius 2 is 1.45 bits per heavy atom. The summed E-state index contributed by atoms with van der Waals surface area (Å²) in [6.45, 7) is 4.05. The Morgan fingerprint density at radius 3 is 2.11 bits per heavy atom. The molecule has 0 aliphatic carbocycles. The number of aryl methyl sites for hydroxylation is 2. The second kappa shape index (κ2) is 12.3. The van der Waals surface area contributed by atoms with E-state index in [2.05, 4.69) is 17.6 Å². The fourth-order valence-electron chi connectivity index (χ4n) is 4.11. The number of para-hydroxylation sites is 1. The molecule has 4 rings (SSSR count). The molecule has 7 heteroatoms. The van der Waals surface area contributed by atoms with Crippen molar-refractivity contribution in [1.29, 1.82) is 0 Å². The predicted octanol–water partition coefficient (Wildman–Crippen LogP) is 6.98. The lowest BCUT2D eigenvalue weighted by atomic mass is 10.1. The highest BCUT2D eigenvalue weighted by Crippen LogP contribution is 2.37. The molecule has 38 heavy (non-hydrogen) atoms. The molecular weight excluding hydrogens is 496 g/mol. The number of rotatable bonds is 9. The standard InChI is InChI=1S/C31H28N2O4S/c1-3-21-13-9-10-20(2)27(21)33-30(35)28(22-11-5-4-6-12-22)38-24-18-16-23(17-19-24)32-29(34)25-14-7-8-15-26(25)31(36)37/h4-19,28H,3H2,1-2H3,(H,32,34)(H,33,35)(H,36,37)/t28-/m0/s1. The number of benzene rings is 4. The summed E-state index contributed by atoms with van der Waals surface area (Å²) < 4.78 is 0. The van der Waals surface area contributed by atoms with Crippen molar-refractivity contribution in [2.45, 2.75) is 30.4 Å². The highest BCUT2D eigenvalue weighted by molar-refractivity contribution is 8.00. The monoisotopic (exact) mass is 524 g/mol. The van der Waals surface area contributed by atoms with Gasteiger partial charge in [-0.05, 0) is 66.4 Å². The summed E-state index contributed by atoms with van der Waals surface area (Å²) >= 11 is 1.42. The summed E-state index contributed by atoms with van der Waals surface area (Å²) in [4.78, 5) is 38.6. The van der Waals surface area contributed by atoms with Crippen LogP contribution in [0.4, 0.5) is 11.4 Å². The van der Waals surface area contributed by atoms with E-state index in [1.165, 1.54) is 23.9 Å². The van der Waals surface area contributed by atoms with E-state index in [0.717, 1.165) is 33.7 Å². The van der Waals surface area contributed by atoms with Crippen molar-refractivity contribution in [2.75, 3.05) is 10.6 Å². The first-order chi connectivity index (χ1) is 18.4. The van der Waals surface area contributed by atoms with Crippen molar-refractivity contribution >= 4 is 40.9 Å². The Kier molecular flexibility index (Phi) is 8.61. The topological polar surface area (TPSA) is 95.5 Å². The Balaban J connectivity index is 1.53. The summed E-state index contributed by atoms with van der Waals surface area (Å²) in [5, 5.41) is 14.8. The third kappa shape index (κ3) is 6.30. The predicted molar refractivity (Wildman–Crippen MR) is 152 cm³/mol.